The third-order valence-electron chi connectivity index (χ3n) is 6.48. The van der Waals surface area contributed by atoms with Crippen LogP contribution in [0, 0.1) is 12.8 Å². The molecule has 1 aliphatic heterocycles. The molecule has 196 valence electrons. The lowest BCUT2D eigenvalue weighted by atomic mass is 9.91. The van der Waals surface area contributed by atoms with Gasteiger partial charge in [-0.1, -0.05) is 84.6 Å². The summed E-state index contributed by atoms with van der Waals surface area (Å²) in [5, 5.41) is 21.7. The van der Waals surface area contributed by atoms with E-state index < -0.39 is 6.29 Å². The number of anilines is 1. The van der Waals surface area contributed by atoms with E-state index in [9.17, 15) is 9.90 Å². The summed E-state index contributed by atoms with van der Waals surface area (Å²) >= 11 is 3.22. The first-order valence-corrected chi connectivity index (χ1v) is 14.2. The lowest BCUT2D eigenvalue weighted by Gasteiger charge is -2.41. The highest BCUT2D eigenvalue weighted by atomic mass is 32.2. The molecule has 1 amide bonds. The van der Waals surface area contributed by atoms with Crippen molar-refractivity contribution in [1.29, 1.82) is 0 Å². The maximum atomic E-state index is 12.5. The van der Waals surface area contributed by atoms with Crippen LogP contribution in [0.25, 0.3) is 0 Å². The quantitative estimate of drug-likeness (QED) is 0.255. The van der Waals surface area contributed by atoms with Gasteiger partial charge in [0.2, 0.25) is 0 Å². The van der Waals surface area contributed by atoms with Gasteiger partial charge in [-0.25, -0.2) is 0 Å². The van der Waals surface area contributed by atoms with E-state index in [0.29, 0.717) is 17.0 Å². The first-order valence-electron chi connectivity index (χ1n) is 12.4. The Hall–Kier alpha value is -3.08. The molecule has 3 aromatic carbocycles. The summed E-state index contributed by atoms with van der Waals surface area (Å²) in [5.74, 6) is 0.636. The molecule has 2 N–H and O–H groups in total. The molecule has 0 saturated carbocycles. The predicted octanol–water partition coefficient (Wildman–Crippen LogP) is 6.17. The van der Waals surface area contributed by atoms with Gasteiger partial charge in [0.25, 0.3) is 5.91 Å². The standard InChI is InChI=1S/C29H29N3O4S2/c1-18-25(17-37-29-32-31-19(2)38-29)35-28(36-26(18)21-10-8-20(16-33)9-11-21)23-12-14-24(15-13-23)30-27(34)22-6-4-3-5-7-22/h3-15,18,25-26,28,33H,16-17H2,1-2H3,(H,30,34)/t18-,25+,26+,28+/m1/s1. The van der Waals surface area contributed by atoms with E-state index in [-0.39, 0.29) is 30.6 Å². The Bertz CT molecular complexity index is 1350. The van der Waals surface area contributed by atoms with Crippen molar-refractivity contribution in [3.63, 3.8) is 0 Å². The zero-order chi connectivity index (χ0) is 26.5. The van der Waals surface area contributed by atoms with Crippen LogP contribution in [0.1, 0.15) is 51.4 Å². The van der Waals surface area contributed by atoms with Gasteiger partial charge in [-0.3, -0.25) is 4.79 Å². The fourth-order valence-corrected chi connectivity index (χ4v) is 6.32. The monoisotopic (exact) mass is 547 g/mol. The van der Waals surface area contributed by atoms with Crippen LogP contribution < -0.4 is 5.32 Å². The molecule has 1 aromatic heterocycles. The van der Waals surface area contributed by atoms with Crippen LogP contribution in [0.15, 0.2) is 83.2 Å². The number of aryl methyl sites for hydroxylation is 1. The Labute approximate surface area is 230 Å². The van der Waals surface area contributed by atoms with Gasteiger partial charge in [-0.15, -0.1) is 10.2 Å². The molecule has 4 atom stereocenters. The number of aliphatic hydroxyl groups excluding tert-OH is 1. The number of ether oxygens (including phenoxy) is 2. The van der Waals surface area contributed by atoms with E-state index in [4.69, 9.17) is 9.47 Å². The Balaban J connectivity index is 1.34. The van der Waals surface area contributed by atoms with Crippen LogP contribution in [-0.2, 0) is 16.1 Å². The minimum atomic E-state index is -0.575. The van der Waals surface area contributed by atoms with Crippen molar-refractivity contribution in [1.82, 2.24) is 10.2 Å². The summed E-state index contributed by atoms with van der Waals surface area (Å²) in [6.45, 7) is 4.09. The summed E-state index contributed by atoms with van der Waals surface area (Å²) in [6.07, 6.45) is -0.863. The second-order valence-corrected chi connectivity index (χ2v) is 11.6. The van der Waals surface area contributed by atoms with Gasteiger partial charge >= 0.3 is 0 Å². The summed E-state index contributed by atoms with van der Waals surface area (Å²) < 4.78 is 13.9. The summed E-state index contributed by atoms with van der Waals surface area (Å²) in [7, 11) is 0. The van der Waals surface area contributed by atoms with E-state index in [2.05, 4.69) is 22.4 Å². The maximum Gasteiger partial charge on any atom is 0.255 e. The summed E-state index contributed by atoms with van der Waals surface area (Å²) in [6, 6.07) is 24.6. The summed E-state index contributed by atoms with van der Waals surface area (Å²) in [5.41, 5.74) is 4.06. The highest BCUT2D eigenvalue weighted by Crippen LogP contribution is 2.43. The number of nitrogens with zero attached hydrogens (tertiary/aromatic N) is 2. The zero-order valence-corrected chi connectivity index (χ0v) is 22.7. The molecule has 0 spiro atoms. The van der Waals surface area contributed by atoms with Crippen LogP contribution in [0.3, 0.4) is 0 Å². The number of thioether (sulfide) groups is 1. The number of hydrogen-bond donors (Lipinski definition) is 2. The Morgan fingerprint density at radius 1 is 0.974 bits per heavy atom. The Kier molecular flexibility index (Phi) is 8.51. The van der Waals surface area contributed by atoms with Crippen molar-refractivity contribution < 1.29 is 19.4 Å². The average molecular weight is 548 g/mol. The fraction of sp³-hybridized carbons (Fsp3) is 0.276. The van der Waals surface area contributed by atoms with Gasteiger partial charge < -0.3 is 19.9 Å². The molecule has 0 radical (unpaired) electrons. The second kappa shape index (κ2) is 12.2. The van der Waals surface area contributed by atoms with Crippen molar-refractivity contribution in [2.24, 2.45) is 5.92 Å². The van der Waals surface area contributed by atoms with E-state index in [1.807, 2.05) is 73.7 Å². The number of aliphatic hydroxyl groups is 1. The molecule has 7 nitrogen and oxygen atoms in total. The van der Waals surface area contributed by atoms with Crippen LogP contribution in [0.4, 0.5) is 5.69 Å². The van der Waals surface area contributed by atoms with Gasteiger partial charge in [-0.2, -0.15) is 0 Å². The molecule has 9 heteroatoms. The number of carbonyl (C=O) groups is 1. The Morgan fingerprint density at radius 2 is 1.68 bits per heavy atom. The average Bonchev–Trinajstić information content (AvgIpc) is 3.38. The SMILES string of the molecule is Cc1nnc(SC[C@@H]2O[C@H](c3ccc(NC(=O)c4ccccc4)cc3)O[C@H](c3ccc(CO)cc3)[C@@H]2C)s1. The van der Waals surface area contributed by atoms with E-state index in [1.54, 1.807) is 35.2 Å². The number of hydrogen-bond acceptors (Lipinski definition) is 8. The molecular formula is C29H29N3O4S2. The molecule has 0 bridgehead atoms. The van der Waals surface area contributed by atoms with Crippen molar-refractivity contribution in [3.8, 4) is 0 Å². The normalized spacial score (nSPS) is 21.2. The molecule has 1 saturated heterocycles. The minimum Gasteiger partial charge on any atom is -0.392 e. The number of aromatic nitrogens is 2. The topological polar surface area (TPSA) is 93.6 Å². The first kappa shape index (κ1) is 26.5. The van der Waals surface area contributed by atoms with Crippen molar-refractivity contribution >= 4 is 34.7 Å². The van der Waals surface area contributed by atoms with Crippen molar-refractivity contribution in [3.05, 3.63) is 106 Å². The number of amides is 1. The molecule has 2 heterocycles. The molecule has 0 unspecified atom stereocenters. The lowest BCUT2D eigenvalue weighted by molar-refractivity contribution is -0.268. The molecule has 0 aliphatic carbocycles. The Morgan fingerprint density at radius 3 is 2.34 bits per heavy atom. The second-order valence-electron chi connectivity index (χ2n) is 9.16. The number of benzene rings is 3. The highest BCUT2D eigenvalue weighted by molar-refractivity contribution is 8.01. The zero-order valence-electron chi connectivity index (χ0n) is 21.1. The number of nitrogens with one attached hydrogen (secondary N) is 1. The van der Waals surface area contributed by atoms with Crippen LogP contribution in [0.5, 0.6) is 0 Å². The van der Waals surface area contributed by atoms with E-state index in [0.717, 1.165) is 26.0 Å². The highest BCUT2D eigenvalue weighted by Gasteiger charge is 2.38. The van der Waals surface area contributed by atoms with Crippen molar-refractivity contribution in [2.45, 2.75) is 43.3 Å². The first-order chi connectivity index (χ1) is 18.5. The largest absolute Gasteiger partial charge is 0.392 e. The van der Waals surface area contributed by atoms with Crippen LogP contribution >= 0.6 is 23.1 Å². The van der Waals surface area contributed by atoms with E-state index >= 15 is 0 Å². The van der Waals surface area contributed by atoms with Gasteiger partial charge in [0.1, 0.15) is 5.01 Å². The van der Waals surface area contributed by atoms with Gasteiger partial charge in [0, 0.05) is 28.5 Å². The summed E-state index contributed by atoms with van der Waals surface area (Å²) in [4.78, 5) is 12.5. The van der Waals surface area contributed by atoms with Gasteiger partial charge in [0.05, 0.1) is 18.8 Å². The maximum absolute atomic E-state index is 12.5. The van der Waals surface area contributed by atoms with Crippen LogP contribution in [-0.4, -0.2) is 33.1 Å². The third kappa shape index (κ3) is 6.31. The van der Waals surface area contributed by atoms with Crippen molar-refractivity contribution in [2.75, 3.05) is 11.1 Å². The third-order valence-corrected chi connectivity index (χ3v) is 8.54. The van der Waals surface area contributed by atoms with Gasteiger partial charge in [0.15, 0.2) is 10.6 Å². The molecule has 4 aromatic rings. The number of carbonyl (C=O) groups excluding carboxylic acids is 1. The number of rotatable bonds is 8. The molecular weight excluding hydrogens is 518 g/mol. The minimum absolute atomic E-state index is 0.000778. The van der Waals surface area contributed by atoms with Gasteiger partial charge in [-0.05, 0) is 42.3 Å². The molecule has 5 rings (SSSR count). The van der Waals surface area contributed by atoms with E-state index in [1.165, 1.54) is 0 Å². The fourth-order valence-electron chi connectivity index (χ4n) is 4.32. The smallest absolute Gasteiger partial charge is 0.255 e. The molecule has 1 aliphatic rings. The predicted molar refractivity (Wildman–Crippen MR) is 149 cm³/mol. The lowest BCUT2D eigenvalue weighted by Crippen LogP contribution is -2.38. The molecule has 1 fully saturated rings. The van der Waals surface area contributed by atoms with Crippen LogP contribution in [0.2, 0.25) is 0 Å². The molecule has 38 heavy (non-hydrogen) atoms.